The van der Waals surface area contributed by atoms with Crippen LogP contribution < -0.4 is 10.2 Å². The zero-order valence-electron chi connectivity index (χ0n) is 29.1. The van der Waals surface area contributed by atoms with Gasteiger partial charge >= 0.3 is 6.09 Å². The van der Waals surface area contributed by atoms with Crippen LogP contribution in [0.25, 0.3) is 0 Å². The number of benzene rings is 2. The number of rotatable bonds is 12. The molecule has 0 bridgehead atoms. The van der Waals surface area contributed by atoms with Crippen molar-refractivity contribution in [3.05, 3.63) is 78.1 Å². The maximum atomic E-state index is 16.2. The fourth-order valence-corrected chi connectivity index (χ4v) is 10.8. The number of hydrogen-bond acceptors (Lipinski definition) is 7. The lowest BCUT2D eigenvalue weighted by Gasteiger charge is -2.52. The van der Waals surface area contributed by atoms with Gasteiger partial charge < -0.3 is 19.5 Å². The molecule has 1 N–H and O–H groups in total. The molecular weight excluding hydrogens is 661 g/mol. The van der Waals surface area contributed by atoms with E-state index in [0.717, 1.165) is 68.4 Å². The first-order valence-corrected chi connectivity index (χ1v) is 19.7. The summed E-state index contributed by atoms with van der Waals surface area (Å²) in [7, 11) is -1.69. The van der Waals surface area contributed by atoms with Gasteiger partial charge in [-0.05, 0) is 106 Å². The summed E-state index contributed by atoms with van der Waals surface area (Å²) in [5.41, 5.74) is -0.164. The van der Waals surface area contributed by atoms with Gasteiger partial charge in [0.1, 0.15) is 17.7 Å². The van der Waals surface area contributed by atoms with Crippen LogP contribution >= 0.6 is 0 Å². The second-order valence-corrected chi connectivity index (χ2v) is 17.1. The Hall–Kier alpha value is -3.51. The number of alkyl halides is 1. The van der Waals surface area contributed by atoms with Gasteiger partial charge in [-0.25, -0.2) is 27.0 Å². The maximum Gasteiger partial charge on any atom is 0.407 e. The van der Waals surface area contributed by atoms with E-state index in [1.807, 2.05) is 23.4 Å². The molecule has 4 fully saturated rings. The molecule has 2 aliphatic carbocycles. The average molecular weight is 710 g/mol. The standard InChI is InChI=1S/C38H49F2N5O4S/c1-3-35-42-18-21-44(35)26-38(28-6-4-7-29(39)22-28,33-8-5-9-34(33)49-36(46)41-2)27-16-19-43(20-17-27)23-37(40)24-45(25-37)30-10-12-31(13-11-30)50(47,48)32-14-15-32/h4,6-7,10-13,18,21-22,27,32-34H,3,5,8-9,14-17,19-20,23-26H2,1-2H3,(H,41,46). The van der Waals surface area contributed by atoms with Crippen LogP contribution in [-0.4, -0.2) is 85.8 Å². The van der Waals surface area contributed by atoms with E-state index in [2.05, 4.69) is 26.7 Å². The minimum atomic E-state index is -3.26. The number of halogens is 2. The number of aryl methyl sites for hydroxylation is 1. The molecule has 50 heavy (non-hydrogen) atoms. The fourth-order valence-electron chi connectivity index (χ4n) is 9.15. The highest BCUT2D eigenvalue weighted by atomic mass is 32.2. The van der Waals surface area contributed by atoms with E-state index in [9.17, 15) is 13.2 Å². The van der Waals surface area contributed by atoms with Gasteiger partial charge in [0.15, 0.2) is 15.5 Å². The maximum absolute atomic E-state index is 16.2. The summed E-state index contributed by atoms with van der Waals surface area (Å²) in [6.07, 6.45) is 9.36. The molecule has 270 valence electrons. The van der Waals surface area contributed by atoms with Gasteiger partial charge in [0.25, 0.3) is 0 Å². The number of nitrogens with one attached hydrogen (secondary N) is 1. The van der Waals surface area contributed by atoms with Crippen LogP contribution in [0.5, 0.6) is 0 Å². The molecule has 3 atom stereocenters. The number of carbonyl (C=O) groups excluding carboxylic acids is 1. The Morgan fingerprint density at radius 2 is 1.80 bits per heavy atom. The lowest BCUT2D eigenvalue weighted by atomic mass is 9.58. The van der Waals surface area contributed by atoms with Crippen LogP contribution in [-0.2, 0) is 33.0 Å². The SMILES string of the molecule is CCc1nccn1CC(c1cccc(F)c1)(C1CCN(CC2(F)CN(c3ccc(S(=O)(=O)C4CC4)cc3)C2)CC1)C1CCCC1OC(=O)NC. The molecule has 0 radical (unpaired) electrons. The first kappa shape index (κ1) is 34.9. The molecule has 9 nitrogen and oxygen atoms in total. The van der Waals surface area contributed by atoms with E-state index in [1.54, 1.807) is 43.4 Å². The predicted octanol–water partition coefficient (Wildman–Crippen LogP) is 5.92. The van der Waals surface area contributed by atoms with Crippen molar-refractivity contribution in [3.63, 3.8) is 0 Å². The van der Waals surface area contributed by atoms with E-state index >= 15 is 8.78 Å². The third-order valence-electron chi connectivity index (χ3n) is 11.8. The number of likely N-dealkylation sites (tertiary alicyclic amines) is 1. The molecule has 3 aromatic rings. The molecule has 3 unspecified atom stereocenters. The Balaban J connectivity index is 1.09. The van der Waals surface area contributed by atoms with E-state index in [4.69, 9.17) is 4.74 Å². The highest BCUT2D eigenvalue weighted by Gasteiger charge is 2.54. The summed E-state index contributed by atoms with van der Waals surface area (Å²) in [4.78, 5) is 21.7. The van der Waals surface area contributed by atoms with Crippen LogP contribution in [0.1, 0.15) is 63.3 Å². The third kappa shape index (κ3) is 6.77. The Labute approximate surface area is 294 Å². The molecule has 2 saturated carbocycles. The molecule has 2 aromatic carbocycles. The Morgan fingerprint density at radius 1 is 1.06 bits per heavy atom. The lowest BCUT2D eigenvalue weighted by Crippen LogP contribution is -2.64. The normalized spacial score (nSPS) is 24.0. The van der Waals surface area contributed by atoms with Gasteiger partial charge in [0.05, 0.1) is 23.2 Å². The van der Waals surface area contributed by atoms with Gasteiger partial charge in [-0.15, -0.1) is 0 Å². The van der Waals surface area contributed by atoms with Gasteiger partial charge in [0.2, 0.25) is 0 Å². The zero-order valence-corrected chi connectivity index (χ0v) is 29.9. The highest BCUT2D eigenvalue weighted by Crippen LogP contribution is 2.52. The second-order valence-electron chi connectivity index (χ2n) is 14.9. The van der Waals surface area contributed by atoms with Crippen molar-refractivity contribution in [1.29, 1.82) is 0 Å². The number of sulfone groups is 1. The van der Waals surface area contributed by atoms with Crippen LogP contribution in [0.15, 0.2) is 65.8 Å². The van der Waals surface area contributed by atoms with Gasteiger partial charge in [0, 0.05) is 56.0 Å². The lowest BCUT2D eigenvalue weighted by molar-refractivity contribution is -0.00709. The number of aromatic nitrogens is 2. The van der Waals surface area contributed by atoms with Crippen LogP contribution in [0.3, 0.4) is 0 Å². The molecule has 12 heteroatoms. The molecule has 1 amide bonds. The van der Waals surface area contributed by atoms with E-state index in [0.29, 0.717) is 31.1 Å². The van der Waals surface area contributed by atoms with Crippen molar-refractivity contribution in [1.82, 2.24) is 19.8 Å². The average Bonchev–Trinajstić information content (AvgIpc) is 3.73. The Morgan fingerprint density at radius 3 is 2.46 bits per heavy atom. The molecule has 1 aromatic heterocycles. The number of alkyl carbamates (subject to hydrolysis) is 1. The zero-order chi connectivity index (χ0) is 35.1. The first-order valence-electron chi connectivity index (χ1n) is 18.2. The molecule has 4 aliphatic rings. The van der Waals surface area contributed by atoms with Crippen molar-refractivity contribution >= 4 is 21.6 Å². The Bertz CT molecular complexity index is 1770. The van der Waals surface area contributed by atoms with E-state index < -0.39 is 27.0 Å². The van der Waals surface area contributed by atoms with Gasteiger partial charge in [-0.3, -0.25) is 4.90 Å². The molecule has 2 aliphatic heterocycles. The quantitative estimate of drug-likeness (QED) is 0.249. The van der Waals surface area contributed by atoms with E-state index in [-0.39, 0.29) is 42.1 Å². The Kier molecular flexibility index (Phi) is 9.71. The van der Waals surface area contributed by atoms with Gasteiger partial charge in [-0.1, -0.05) is 19.1 Å². The summed E-state index contributed by atoms with van der Waals surface area (Å²) in [5, 5.41) is 2.36. The molecule has 0 spiro atoms. The monoisotopic (exact) mass is 709 g/mol. The smallest absolute Gasteiger partial charge is 0.407 e. The third-order valence-corrected chi connectivity index (χ3v) is 14.0. The highest BCUT2D eigenvalue weighted by molar-refractivity contribution is 7.92. The number of anilines is 1. The summed E-state index contributed by atoms with van der Waals surface area (Å²) < 4.78 is 64.7. The number of hydrogen-bond donors (Lipinski definition) is 1. The number of carbonyl (C=O) groups is 1. The number of nitrogens with zero attached hydrogens (tertiary/aromatic N) is 4. The van der Waals surface area contributed by atoms with Crippen molar-refractivity contribution in [2.75, 3.05) is 44.7 Å². The predicted molar refractivity (Wildman–Crippen MR) is 188 cm³/mol. The number of amides is 1. The van der Waals surface area contributed by atoms with Crippen LogP contribution in [0.4, 0.5) is 19.3 Å². The second kappa shape index (κ2) is 13.9. The number of imidazole rings is 1. The minimum Gasteiger partial charge on any atom is -0.446 e. The van der Waals surface area contributed by atoms with Crippen LogP contribution in [0.2, 0.25) is 0 Å². The van der Waals surface area contributed by atoms with Crippen molar-refractivity contribution in [2.24, 2.45) is 11.8 Å². The van der Waals surface area contributed by atoms with Crippen LogP contribution in [0, 0.1) is 17.7 Å². The van der Waals surface area contributed by atoms with Crippen molar-refractivity contribution in [3.8, 4) is 0 Å². The molecule has 7 rings (SSSR count). The molecular formula is C38H49F2N5O4S. The summed E-state index contributed by atoms with van der Waals surface area (Å²) >= 11 is 0. The molecule has 2 saturated heterocycles. The minimum absolute atomic E-state index is 0.0383. The summed E-state index contributed by atoms with van der Waals surface area (Å²) in [6.45, 7) is 4.93. The van der Waals surface area contributed by atoms with E-state index in [1.165, 1.54) is 6.07 Å². The number of piperidine rings is 1. The fraction of sp³-hybridized carbons (Fsp3) is 0.579. The van der Waals surface area contributed by atoms with Gasteiger partial charge in [-0.2, -0.15) is 0 Å². The summed E-state index contributed by atoms with van der Waals surface area (Å²) in [6, 6.07) is 13.8. The molecule has 3 heterocycles. The summed E-state index contributed by atoms with van der Waals surface area (Å²) in [5.74, 6) is 0.757. The first-order chi connectivity index (χ1) is 24.0. The number of ether oxygens (including phenoxy) is 1. The topological polar surface area (TPSA) is 96.8 Å². The largest absolute Gasteiger partial charge is 0.446 e. The van der Waals surface area contributed by atoms with Crippen molar-refractivity contribution < 1.29 is 26.7 Å². The van der Waals surface area contributed by atoms with Crippen molar-refractivity contribution in [2.45, 2.75) is 92.2 Å².